The Morgan fingerprint density at radius 2 is 1.92 bits per heavy atom. The van der Waals surface area contributed by atoms with Gasteiger partial charge in [-0.2, -0.15) is 13.2 Å². The van der Waals surface area contributed by atoms with Crippen LogP contribution >= 0.6 is 0 Å². The molecule has 1 N–H and O–H groups in total. The second kappa shape index (κ2) is 7.92. The highest BCUT2D eigenvalue weighted by Gasteiger charge is 2.42. The van der Waals surface area contributed by atoms with E-state index in [9.17, 15) is 27.6 Å². The molecule has 1 aliphatic carbocycles. The Morgan fingerprint density at radius 1 is 1.27 bits per heavy atom. The Kier molecular flexibility index (Phi) is 6.09. The molecule has 0 bridgehead atoms. The number of carbonyl (C=O) groups is 2. The zero-order valence-electron chi connectivity index (χ0n) is 14.4. The van der Waals surface area contributed by atoms with Crippen molar-refractivity contribution in [2.24, 2.45) is 0 Å². The van der Waals surface area contributed by atoms with Crippen LogP contribution in [-0.4, -0.2) is 28.6 Å². The molecule has 1 aromatic rings. The van der Waals surface area contributed by atoms with Gasteiger partial charge in [0.05, 0.1) is 6.61 Å². The Morgan fingerprint density at radius 3 is 2.50 bits per heavy atom. The number of esters is 1. The quantitative estimate of drug-likeness (QED) is 0.802. The van der Waals surface area contributed by atoms with E-state index >= 15 is 0 Å². The lowest BCUT2D eigenvalue weighted by molar-refractivity contribution is -0.155. The predicted octanol–water partition coefficient (Wildman–Crippen LogP) is 2.25. The first kappa shape index (κ1) is 20.0. The van der Waals surface area contributed by atoms with Crippen LogP contribution in [0.25, 0.3) is 0 Å². The predicted molar refractivity (Wildman–Crippen MR) is 86.3 cm³/mol. The normalized spacial score (nSPS) is 16.8. The van der Waals surface area contributed by atoms with Crippen molar-refractivity contribution in [2.45, 2.75) is 57.3 Å². The van der Waals surface area contributed by atoms with E-state index in [-0.39, 0.29) is 6.61 Å². The summed E-state index contributed by atoms with van der Waals surface area (Å²) >= 11 is 0. The maximum absolute atomic E-state index is 12.8. The molecule has 1 aliphatic rings. The van der Waals surface area contributed by atoms with Crippen LogP contribution in [0.3, 0.4) is 0 Å². The fourth-order valence-corrected chi connectivity index (χ4v) is 3.14. The summed E-state index contributed by atoms with van der Waals surface area (Å²) in [5.74, 6) is -1.26. The lowest BCUT2D eigenvalue weighted by Crippen LogP contribution is -2.57. The minimum absolute atomic E-state index is 0.156. The number of nitrogens with one attached hydrogen (secondary N) is 1. The number of hydrogen-bond donors (Lipinski definition) is 1. The molecule has 1 heterocycles. The largest absolute Gasteiger partial charge is 0.464 e. The third kappa shape index (κ3) is 4.44. The first-order valence-corrected chi connectivity index (χ1v) is 8.44. The number of nitrogens with zero attached hydrogens (tertiary/aromatic N) is 1. The van der Waals surface area contributed by atoms with Crippen molar-refractivity contribution in [3.63, 3.8) is 0 Å². The Bertz CT molecular complexity index is 721. The molecule has 0 radical (unpaired) electrons. The molecular formula is C17H21F3N2O4. The van der Waals surface area contributed by atoms with Crippen LogP contribution in [0.1, 0.15) is 44.6 Å². The van der Waals surface area contributed by atoms with Gasteiger partial charge in [0.15, 0.2) is 0 Å². The number of hydrogen-bond acceptors (Lipinski definition) is 4. The van der Waals surface area contributed by atoms with Gasteiger partial charge in [-0.05, 0) is 31.9 Å². The van der Waals surface area contributed by atoms with E-state index in [1.807, 2.05) is 0 Å². The van der Waals surface area contributed by atoms with Crippen LogP contribution in [0, 0.1) is 0 Å². The summed E-state index contributed by atoms with van der Waals surface area (Å²) in [7, 11) is 0. The molecule has 0 saturated heterocycles. The number of alkyl halides is 3. The molecule has 6 nitrogen and oxygen atoms in total. The fourth-order valence-electron chi connectivity index (χ4n) is 3.14. The summed E-state index contributed by atoms with van der Waals surface area (Å²) < 4.78 is 44.2. The maximum Gasteiger partial charge on any atom is 0.421 e. The van der Waals surface area contributed by atoms with Gasteiger partial charge in [0.1, 0.15) is 17.6 Å². The van der Waals surface area contributed by atoms with Gasteiger partial charge in [-0.15, -0.1) is 0 Å². The van der Waals surface area contributed by atoms with Gasteiger partial charge in [-0.3, -0.25) is 9.59 Å². The van der Waals surface area contributed by atoms with Gasteiger partial charge in [0.2, 0.25) is 5.91 Å². The summed E-state index contributed by atoms with van der Waals surface area (Å²) in [6, 6.07) is 1.72. The van der Waals surface area contributed by atoms with Crippen molar-refractivity contribution < 1.29 is 27.5 Å². The van der Waals surface area contributed by atoms with E-state index < -0.39 is 41.3 Å². The SMILES string of the molecule is CCOC(=O)C1(NC(=O)Cn2cccc(C(F)(F)F)c2=O)CCCCC1. The van der Waals surface area contributed by atoms with Crippen LogP contribution in [0.2, 0.25) is 0 Å². The second-order valence-corrected chi connectivity index (χ2v) is 6.26. The summed E-state index contributed by atoms with van der Waals surface area (Å²) in [4.78, 5) is 36.6. The standard InChI is InChI=1S/C17H21F3N2O4/c1-2-26-15(25)16(8-4-3-5-9-16)21-13(23)11-22-10-6-7-12(14(22)24)17(18,19)20/h6-7,10H,2-5,8-9,11H2,1H3,(H,21,23). The summed E-state index contributed by atoms with van der Waals surface area (Å²) in [5.41, 5.74) is -3.83. The molecule has 2 rings (SSSR count). The zero-order chi connectivity index (χ0) is 19.4. The van der Waals surface area contributed by atoms with Crippen LogP contribution in [0.4, 0.5) is 13.2 Å². The molecule has 0 atom stereocenters. The highest BCUT2D eigenvalue weighted by molar-refractivity contribution is 5.88. The van der Waals surface area contributed by atoms with Crippen LogP contribution < -0.4 is 10.9 Å². The lowest BCUT2D eigenvalue weighted by atomic mass is 9.81. The van der Waals surface area contributed by atoms with E-state index in [0.717, 1.165) is 31.5 Å². The first-order chi connectivity index (χ1) is 12.2. The Balaban J connectivity index is 2.19. The molecule has 1 fully saturated rings. The number of pyridine rings is 1. The highest BCUT2D eigenvalue weighted by Crippen LogP contribution is 2.29. The third-order valence-electron chi connectivity index (χ3n) is 4.39. The molecule has 0 aliphatic heterocycles. The molecule has 1 saturated carbocycles. The molecule has 9 heteroatoms. The fraction of sp³-hybridized carbons (Fsp3) is 0.588. The Hall–Kier alpha value is -2.32. The Labute approximate surface area is 148 Å². The highest BCUT2D eigenvalue weighted by atomic mass is 19.4. The lowest BCUT2D eigenvalue weighted by Gasteiger charge is -2.35. The molecule has 0 aromatic carbocycles. The monoisotopic (exact) mass is 374 g/mol. The number of halogens is 3. The third-order valence-corrected chi connectivity index (χ3v) is 4.39. The van der Waals surface area contributed by atoms with Gasteiger partial charge in [-0.1, -0.05) is 19.3 Å². The van der Waals surface area contributed by atoms with Crippen molar-refractivity contribution in [3.8, 4) is 0 Å². The molecule has 144 valence electrons. The van der Waals surface area contributed by atoms with Gasteiger partial charge in [-0.25, -0.2) is 4.79 Å². The van der Waals surface area contributed by atoms with E-state index in [0.29, 0.717) is 23.5 Å². The average Bonchev–Trinajstić information content (AvgIpc) is 2.56. The van der Waals surface area contributed by atoms with Gasteiger partial charge < -0.3 is 14.6 Å². The molecule has 1 aromatic heterocycles. The van der Waals surface area contributed by atoms with E-state index in [2.05, 4.69) is 5.32 Å². The van der Waals surface area contributed by atoms with E-state index in [4.69, 9.17) is 4.74 Å². The summed E-state index contributed by atoms with van der Waals surface area (Å²) in [5, 5.41) is 2.60. The number of amides is 1. The number of aromatic nitrogens is 1. The minimum Gasteiger partial charge on any atom is -0.464 e. The zero-order valence-corrected chi connectivity index (χ0v) is 14.4. The van der Waals surface area contributed by atoms with Crippen molar-refractivity contribution >= 4 is 11.9 Å². The molecule has 1 amide bonds. The number of rotatable bonds is 5. The van der Waals surface area contributed by atoms with Crippen molar-refractivity contribution in [1.82, 2.24) is 9.88 Å². The number of ether oxygens (including phenoxy) is 1. The smallest absolute Gasteiger partial charge is 0.421 e. The summed E-state index contributed by atoms with van der Waals surface area (Å²) in [6.07, 6.45) is -0.527. The second-order valence-electron chi connectivity index (χ2n) is 6.26. The van der Waals surface area contributed by atoms with Crippen molar-refractivity contribution in [3.05, 3.63) is 34.2 Å². The van der Waals surface area contributed by atoms with E-state index in [1.54, 1.807) is 6.92 Å². The topological polar surface area (TPSA) is 77.4 Å². The van der Waals surface area contributed by atoms with E-state index in [1.165, 1.54) is 0 Å². The van der Waals surface area contributed by atoms with Crippen LogP contribution in [0.15, 0.2) is 23.1 Å². The maximum atomic E-state index is 12.8. The molecule has 0 unspecified atom stereocenters. The molecule has 0 spiro atoms. The van der Waals surface area contributed by atoms with Gasteiger partial charge in [0.25, 0.3) is 5.56 Å². The minimum atomic E-state index is -4.80. The van der Waals surface area contributed by atoms with Gasteiger partial charge in [0, 0.05) is 6.20 Å². The number of carbonyl (C=O) groups excluding carboxylic acids is 2. The summed E-state index contributed by atoms with van der Waals surface area (Å²) in [6.45, 7) is 1.20. The van der Waals surface area contributed by atoms with Crippen molar-refractivity contribution in [2.75, 3.05) is 6.61 Å². The van der Waals surface area contributed by atoms with Crippen LogP contribution in [0.5, 0.6) is 0 Å². The first-order valence-electron chi connectivity index (χ1n) is 8.44. The molecule has 26 heavy (non-hydrogen) atoms. The van der Waals surface area contributed by atoms with Gasteiger partial charge >= 0.3 is 12.1 Å². The van der Waals surface area contributed by atoms with Crippen molar-refractivity contribution in [1.29, 1.82) is 0 Å². The average molecular weight is 374 g/mol. The molecular weight excluding hydrogens is 353 g/mol. The van der Waals surface area contributed by atoms with Crippen LogP contribution in [-0.2, 0) is 27.0 Å².